The van der Waals surface area contributed by atoms with Crippen LogP contribution in [0.5, 0.6) is 0 Å². The number of allylic oxidation sites excluding steroid dienone is 4. The van der Waals surface area contributed by atoms with Crippen LogP contribution in [0.1, 0.15) is 52.8 Å². The first kappa shape index (κ1) is 31.3. The lowest BCUT2D eigenvalue weighted by Gasteiger charge is -2.42. The molecule has 7 aromatic rings. The van der Waals surface area contributed by atoms with Crippen molar-refractivity contribution in [3.05, 3.63) is 228 Å². The lowest BCUT2D eigenvalue weighted by atomic mass is 9.70. The number of hydrogen-bond donors (Lipinski definition) is 0. The van der Waals surface area contributed by atoms with E-state index in [9.17, 15) is 0 Å². The quantitative estimate of drug-likeness (QED) is 0.164. The molecule has 1 heterocycles. The average Bonchev–Trinajstić information content (AvgIpc) is 3.67. The number of nitrogens with zero attached hydrogens (tertiary/aromatic N) is 1. The van der Waals surface area contributed by atoms with Crippen LogP contribution in [0, 0.1) is 0 Å². The minimum absolute atomic E-state index is 0.278. The Morgan fingerprint density at radius 3 is 1.57 bits per heavy atom. The van der Waals surface area contributed by atoms with E-state index in [4.69, 9.17) is 0 Å². The molecular weight excluding hydrogens is 639 g/mol. The molecule has 7 aromatic carbocycles. The molecular formula is C52H39N. The third kappa shape index (κ3) is 4.25. The van der Waals surface area contributed by atoms with Crippen molar-refractivity contribution < 1.29 is 0 Å². The smallest absolute Gasteiger partial charge is 0.0725 e. The van der Waals surface area contributed by atoms with Gasteiger partial charge >= 0.3 is 0 Å². The molecule has 0 saturated heterocycles. The van der Waals surface area contributed by atoms with E-state index in [1.807, 2.05) is 18.2 Å². The Morgan fingerprint density at radius 2 is 0.981 bits per heavy atom. The van der Waals surface area contributed by atoms with Crippen molar-refractivity contribution in [1.82, 2.24) is 0 Å². The summed E-state index contributed by atoms with van der Waals surface area (Å²) in [4.78, 5) is 2.43. The van der Waals surface area contributed by atoms with Gasteiger partial charge < -0.3 is 4.90 Å². The lowest BCUT2D eigenvalue weighted by Crippen LogP contribution is -2.30. The molecule has 0 atom stereocenters. The van der Waals surface area contributed by atoms with Gasteiger partial charge in [-0.15, -0.1) is 0 Å². The third-order valence-corrected chi connectivity index (χ3v) is 12.0. The summed E-state index contributed by atoms with van der Waals surface area (Å²) in [6, 6.07) is 58.9. The first-order chi connectivity index (χ1) is 26.0. The van der Waals surface area contributed by atoms with E-state index in [2.05, 4.69) is 190 Å². The van der Waals surface area contributed by atoms with Crippen molar-refractivity contribution in [2.45, 2.75) is 24.7 Å². The number of rotatable bonds is 5. The van der Waals surface area contributed by atoms with Crippen molar-refractivity contribution in [2.24, 2.45) is 0 Å². The van der Waals surface area contributed by atoms with Crippen LogP contribution in [-0.2, 0) is 10.8 Å². The van der Waals surface area contributed by atoms with Crippen LogP contribution < -0.4 is 4.90 Å². The fourth-order valence-corrected chi connectivity index (χ4v) is 9.64. The molecule has 0 N–H and O–H groups in total. The van der Waals surface area contributed by atoms with Crippen molar-refractivity contribution >= 4 is 22.6 Å². The van der Waals surface area contributed by atoms with Gasteiger partial charge in [-0.25, -0.2) is 0 Å². The fourth-order valence-electron chi connectivity index (χ4n) is 9.64. The number of anilines is 3. The minimum Gasteiger partial charge on any atom is -0.310 e. The number of benzene rings is 7. The summed E-state index contributed by atoms with van der Waals surface area (Å²) in [5, 5.41) is 0. The highest BCUT2D eigenvalue weighted by atomic mass is 15.2. The van der Waals surface area contributed by atoms with Gasteiger partial charge in [-0.1, -0.05) is 160 Å². The second-order valence-electron chi connectivity index (χ2n) is 15.0. The summed E-state index contributed by atoms with van der Waals surface area (Å²) in [5.74, 6) is 0. The molecule has 252 valence electrons. The molecule has 10 rings (SSSR count). The van der Waals surface area contributed by atoms with Gasteiger partial charge in [-0.05, 0) is 120 Å². The molecule has 0 fully saturated rings. The van der Waals surface area contributed by atoms with E-state index >= 15 is 0 Å². The molecule has 0 radical (unpaired) electrons. The van der Waals surface area contributed by atoms with Crippen LogP contribution in [0.3, 0.4) is 0 Å². The minimum atomic E-state index is -0.371. The maximum atomic E-state index is 4.11. The summed E-state index contributed by atoms with van der Waals surface area (Å²) < 4.78 is 0. The molecule has 2 aliphatic carbocycles. The van der Waals surface area contributed by atoms with Crippen LogP contribution in [0.4, 0.5) is 17.1 Å². The Morgan fingerprint density at radius 1 is 0.491 bits per heavy atom. The van der Waals surface area contributed by atoms with Gasteiger partial charge in [-0.3, -0.25) is 0 Å². The summed E-state index contributed by atoms with van der Waals surface area (Å²) in [5.41, 5.74) is 20.9. The molecule has 1 spiro atoms. The Kier molecular flexibility index (Phi) is 6.81. The van der Waals surface area contributed by atoms with Crippen LogP contribution in [0.15, 0.2) is 189 Å². The zero-order valence-corrected chi connectivity index (χ0v) is 30.1. The van der Waals surface area contributed by atoms with Crippen molar-refractivity contribution in [2.75, 3.05) is 4.90 Å². The molecule has 0 amide bonds. The molecule has 0 bridgehead atoms. The lowest BCUT2D eigenvalue weighted by molar-refractivity contribution is 0.632. The molecule has 0 unspecified atom stereocenters. The van der Waals surface area contributed by atoms with Gasteiger partial charge in [0.05, 0.1) is 16.8 Å². The Balaban J connectivity index is 1.19. The summed E-state index contributed by atoms with van der Waals surface area (Å²) in [6.45, 7) is 12.8. The Labute approximate surface area is 312 Å². The molecule has 0 aromatic heterocycles. The summed E-state index contributed by atoms with van der Waals surface area (Å²) >= 11 is 0. The summed E-state index contributed by atoms with van der Waals surface area (Å²) in [6.07, 6.45) is 5.79. The van der Waals surface area contributed by atoms with E-state index in [1.165, 1.54) is 78.1 Å². The molecule has 3 aliphatic rings. The highest BCUT2D eigenvalue weighted by Gasteiger charge is 2.51. The number of fused-ring (bicyclic) bond motifs is 12. The molecule has 1 heteroatoms. The van der Waals surface area contributed by atoms with E-state index < -0.39 is 0 Å². The summed E-state index contributed by atoms with van der Waals surface area (Å²) in [7, 11) is 0. The van der Waals surface area contributed by atoms with Crippen molar-refractivity contribution in [3.63, 3.8) is 0 Å². The second-order valence-corrected chi connectivity index (χ2v) is 15.0. The normalized spacial score (nSPS) is 15.1. The average molecular weight is 678 g/mol. The van der Waals surface area contributed by atoms with E-state index in [1.54, 1.807) is 0 Å². The zero-order chi connectivity index (χ0) is 35.9. The highest BCUT2D eigenvalue weighted by Crippen LogP contribution is 2.63. The first-order valence-corrected chi connectivity index (χ1v) is 18.5. The zero-order valence-electron chi connectivity index (χ0n) is 30.1. The SMILES string of the molecule is C=C/C=C(\C=C)c1ccc2c(c1)C(C)(C)c1cc(-c3ccc4c(c3)C3(c5ccccc5-c5ccccc53)c3ccccc3-4)ccc1N2c1ccccc1. The predicted molar refractivity (Wildman–Crippen MR) is 223 cm³/mol. The van der Waals surface area contributed by atoms with Crippen LogP contribution in [0.25, 0.3) is 39.0 Å². The van der Waals surface area contributed by atoms with Crippen LogP contribution in [-0.4, -0.2) is 0 Å². The van der Waals surface area contributed by atoms with Crippen LogP contribution in [0.2, 0.25) is 0 Å². The van der Waals surface area contributed by atoms with Crippen molar-refractivity contribution in [1.29, 1.82) is 0 Å². The Bertz CT molecular complexity index is 2620. The van der Waals surface area contributed by atoms with Gasteiger partial charge in [-0.2, -0.15) is 0 Å². The standard InChI is InChI=1S/C52H39N/c1-5-16-34(6-2)35-26-29-49-47(32-35)51(3,4)48-33-37(27-30-50(48)53(49)38-17-8-7-9-18-38)36-25-28-42-41-21-12-15-24-45(41)52(46(42)31-36)43-22-13-10-19-39(43)40-20-11-14-23-44(40)52/h5-33H,1-2H2,3-4H3/b34-16+. The molecule has 1 nitrogen and oxygen atoms in total. The molecule has 1 aliphatic heterocycles. The van der Waals surface area contributed by atoms with Gasteiger partial charge in [0.15, 0.2) is 0 Å². The maximum Gasteiger partial charge on any atom is 0.0725 e. The van der Waals surface area contributed by atoms with E-state index in [0.29, 0.717) is 0 Å². The largest absolute Gasteiger partial charge is 0.310 e. The van der Waals surface area contributed by atoms with E-state index in [0.717, 1.165) is 16.8 Å². The number of hydrogen-bond acceptors (Lipinski definition) is 1. The topological polar surface area (TPSA) is 3.24 Å². The number of para-hydroxylation sites is 1. The van der Waals surface area contributed by atoms with Gasteiger partial charge in [0, 0.05) is 11.1 Å². The Hall–Kier alpha value is -6.44. The third-order valence-electron chi connectivity index (χ3n) is 12.0. The molecule has 53 heavy (non-hydrogen) atoms. The van der Waals surface area contributed by atoms with Crippen LogP contribution >= 0.6 is 0 Å². The highest BCUT2D eigenvalue weighted by molar-refractivity contribution is 5.96. The molecule has 0 saturated carbocycles. The van der Waals surface area contributed by atoms with Crippen molar-refractivity contribution in [3.8, 4) is 33.4 Å². The second kappa shape index (κ2) is 11.5. The predicted octanol–water partition coefficient (Wildman–Crippen LogP) is 13.6. The van der Waals surface area contributed by atoms with Gasteiger partial charge in [0.1, 0.15) is 0 Å². The van der Waals surface area contributed by atoms with Gasteiger partial charge in [0.25, 0.3) is 0 Å². The maximum absolute atomic E-state index is 4.11. The van der Waals surface area contributed by atoms with Gasteiger partial charge in [0.2, 0.25) is 0 Å². The first-order valence-electron chi connectivity index (χ1n) is 18.5. The van der Waals surface area contributed by atoms with E-state index in [-0.39, 0.29) is 10.8 Å². The monoisotopic (exact) mass is 677 g/mol. The fraction of sp³-hybridized carbons (Fsp3) is 0.0769.